The summed E-state index contributed by atoms with van der Waals surface area (Å²) in [5.41, 5.74) is 5.45. The first kappa shape index (κ1) is 19.6. The van der Waals surface area contributed by atoms with Crippen molar-refractivity contribution >= 4 is 17.7 Å². The van der Waals surface area contributed by atoms with Crippen molar-refractivity contribution in [3.63, 3.8) is 0 Å². The van der Waals surface area contributed by atoms with Gasteiger partial charge in [0.15, 0.2) is 0 Å². The Labute approximate surface area is 186 Å². The topological polar surface area (TPSA) is 46.9 Å². The van der Waals surface area contributed by atoms with E-state index in [0.29, 0.717) is 13.1 Å². The summed E-state index contributed by atoms with van der Waals surface area (Å²) in [4.78, 5) is 14.1. The summed E-state index contributed by atoms with van der Waals surface area (Å²) < 4.78 is 1.96. The zero-order valence-electron chi connectivity index (χ0n) is 17.1. The number of carbonyl (C=O) groups excluding carboxylic acids is 1. The average molecular weight is 426 g/mol. The Morgan fingerprint density at radius 1 is 0.968 bits per heavy atom. The molecular weight excluding hydrogens is 402 g/mol. The van der Waals surface area contributed by atoms with E-state index in [1.807, 2.05) is 59.4 Å². The molecule has 0 bridgehead atoms. The number of carbonyl (C=O) groups is 1. The zero-order chi connectivity index (χ0) is 21.0. The molecule has 2 heterocycles. The van der Waals surface area contributed by atoms with E-state index in [4.69, 9.17) is 5.10 Å². The summed E-state index contributed by atoms with van der Waals surface area (Å²) in [7, 11) is 0. The summed E-state index contributed by atoms with van der Waals surface area (Å²) in [5.74, 6) is 0.0796. The van der Waals surface area contributed by atoms with E-state index in [1.165, 1.54) is 16.0 Å². The highest BCUT2D eigenvalue weighted by molar-refractivity contribution is 8.01. The lowest BCUT2D eigenvalue weighted by Crippen LogP contribution is -2.32. The highest BCUT2D eigenvalue weighted by atomic mass is 32.2. The van der Waals surface area contributed by atoms with Gasteiger partial charge in [0.25, 0.3) is 0 Å². The van der Waals surface area contributed by atoms with Crippen molar-refractivity contribution in [3.05, 3.63) is 108 Å². The Bertz CT molecular complexity index is 1160. The molecule has 0 fully saturated rings. The Morgan fingerprint density at radius 3 is 2.45 bits per heavy atom. The van der Waals surface area contributed by atoms with Crippen molar-refractivity contribution in [2.75, 3.05) is 0 Å². The molecule has 0 aliphatic carbocycles. The minimum absolute atomic E-state index is 0.0723. The largest absolute Gasteiger partial charge is 0.351 e. The fourth-order valence-electron chi connectivity index (χ4n) is 3.91. The number of hydrogen-bond donors (Lipinski definition) is 1. The van der Waals surface area contributed by atoms with Gasteiger partial charge in [0.05, 0.1) is 17.5 Å². The molecule has 1 amide bonds. The van der Waals surface area contributed by atoms with Gasteiger partial charge in [-0.2, -0.15) is 5.10 Å². The molecule has 0 spiro atoms. The molecule has 0 radical (unpaired) electrons. The molecule has 31 heavy (non-hydrogen) atoms. The SMILES string of the molecule is O=C(NCc1cn(Cc2ccccc2)nc1-c1ccccc1)[C@H]1Cc2ccccc2S1. The van der Waals surface area contributed by atoms with Crippen LogP contribution in [0.1, 0.15) is 16.7 Å². The summed E-state index contributed by atoms with van der Waals surface area (Å²) in [5, 5.41) is 7.92. The quantitative estimate of drug-likeness (QED) is 0.476. The summed E-state index contributed by atoms with van der Waals surface area (Å²) in [6.45, 7) is 1.16. The van der Waals surface area contributed by atoms with Gasteiger partial charge in [-0.3, -0.25) is 9.48 Å². The van der Waals surface area contributed by atoms with Crippen LogP contribution in [0.25, 0.3) is 11.3 Å². The molecule has 5 rings (SSSR count). The van der Waals surface area contributed by atoms with Crippen molar-refractivity contribution < 1.29 is 4.79 Å². The van der Waals surface area contributed by atoms with E-state index in [-0.39, 0.29) is 11.2 Å². The summed E-state index contributed by atoms with van der Waals surface area (Å²) >= 11 is 1.65. The van der Waals surface area contributed by atoms with Gasteiger partial charge in [0.2, 0.25) is 5.91 Å². The molecule has 1 atom stereocenters. The van der Waals surface area contributed by atoms with Crippen LogP contribution in [0.2, 0.25) is 0 Å². The number of nitrogens with one attached hydrogen (secondary N) is 1. The third-order valence-electron chi connectivity index (χ3n) is 5.46. The number of aromatic nitrogens is 2. The van der Waals surface area contributed by atoms with Crippen LogP contribution in [0.5, 0.6) is 0 Å². The lowest BCUT2D eigenvalue weighted by Gasteiger charge is -2.10. The van der Waals surface area contributed by atoms with Crippen LogP contribution in [0.15, 0.2) is 96.0 Å². The minimum Gasteiger partial charge on any atom is -0.351 e. The summed E-state index contributed by atoms with van der Waals surface area (Å²) in [6.07, 6.45) is 2.83. The molecule has 1 aromatic heterocycles. The predicted octanol–water partition coefficient (Wildman–Crippen LogP) is 4.93. The third-order valence-corrected chi connectivity index (χ3v) is 6.78. The van der Waals surface area contributed by atoms with Gasteiger partial charge in [0.1, 0.15) is 0 Å². The fraction of sp³-hybridized carbons (Fsp3) is 0.154. The van der Waals surface area contributed by atoms with E-state index in [1.54, 1.807) is 11.8 Å². The van der Waals surface area contributed by atoms with Crippen LogP contribution < -0.4 is 5.32 Å². The fourth-order valence-corrected chi connectivity index (χ4v) is 5.13. The molecule has 1 aliphatic heterocycles. The average Bonchev–Trinajstić information content (AvgIpc) is 3.43. The smallest absolute Gasteiger partial charge is 0.234 e. The number of fused-ring (bicyclic) bond motifs is 1. The van der Waals surface area contributed by atoms with E-state index in [0.717, 1.165) is 23.2 Å². The number of nitrogens with zero attached hydrogens (tertiary/aromatic N) is 2. The standard InChI is InChI=1S/C26H23N3OS/c30-26(24-15-21-13-7-8-14-23(21)31-24)27-16-22-18-29(17-19-9-3-1-4-10-19)28-25(22)20-11-5-2-6-12-20/h1-14,18,24H,15-17H2,(H,27,30)/t24-/m1/s1. The van der Waals surface area contributed by atoms with Crippen LogP contribution >= 0.6 is 11.8 Å². The Morgan fingerprint density at radius 2 is 1.68 bits per heavy atom. The van der Waals surface area contributed by atoms with Crippen LogP contribution in [-0.4, -0.2) is 20.9 Å². The van der Waals surface area contributed by atoms with Crippen LogP contribution in [0.4, 0.5) is 0 Å². The first-order valence-electron chi connectivity index (χ1n) is 10.4. The second-order valence-electron chi connectivity index (χ2n) is 7.69. The first-order valence-corrected chi connectivity index (χ1v) is 11.3. The van der Waals surface area contributed by atoms with Gasteiger partial charge in [-0.05, 0) is 23.6 Å². The second kappa shape index (κ2) is 8.82. The van der Waals surface area contributed by atoms with Crippen molar-refractivity contribution in [2.45, 2.75) is 29.7 Å². The molecular formula is C26H23N3OS. The molecule has 0 saturated carbocycles. The summed E-state index contributed by atoms with van der Waals surface area (Å²) in [6, 6.07) is 28.7. The molecule has 0 saturated heterocycles. The molecule has 4 aromatic rings. The van der Waals surface area contributed by atoms with Crippen LogP contribution in [0.3, 0.4) is 0 Å². The van der Waals surface area contributed by atoms with Gasteiger partial charge >= 0.3 is 0 Å². The van der Waals surface area contributed by atoms with Crippen molar-refractivity contribution in [3.8, 4) is 11.3 Å². The normalized spacial score (nSPS) is 14.9. The number of thioether (sulfide) groups is 1. The lowest BCUT2D eigenvalue weighted by atomic mass is 10.1. The predicted molar refractivity (Wildman–Crippen MR) is 125 cm³/mol. The van der Waals surface area contributed by atoms with E-state index in [9.17, 15) is 4.79 Å². The molecule has 0 unspecified atom stereocenters. The minimum atomic E-state index is -0.0723. The van der Waals surface area contributed by atoms with Crippen molar-refractivity contribution in [2.24, 2.45) is 0 Å². The van der Waals surface area contributed by atoms with Crippen LogP contribution in [-0.2, 0) is 24.3 Å². The van der Waals surface area contributed by atoms with Gasteiger partial charge in [-0.15, -0.1) is 11.8 Å². The number of hydrogen-bond acceptors (Lipinski definition) is 3. The second-order valence-corrected chi connectivity index (χ2v) is 8.93. The molecule has 1 aliphatic rings. The number of rotatable bonds is 6. The maximum Gasteiger partial charge on any atom is 0.234 e. The number of benzene rings is 3. The van der Waals surface area contributed by atoms with Gasteiger partial charge in [0, 0.05) is 28.8 Å². The first-order chi connectivity index (χ1) is 15.3. The number of amides is 1. The zero-order valence-corrected chi connectivity index (χ0v) is 17.9. The van der Waals surface area contributed by atoms with Gasteiger partial charge in [-0.25, -0.2) is 0 Å². The monoisotopic (exact) mass is 425 g/mol. The van der Waals surface area contributed by atoms with Crippen LogP contribution in [0, 0.1) is 0 Å². The third kappa shape index (κ3) is 4.42. The molecule has 154 valence electrons. The maximum absolute atomic E-state index is 12.9. The van der Waals surface area contributed by atoms with E-state index in [2.05, 4.69) is 41.7 Å². The lowest BCUT2D eigenvalue weighted by molar-refractivity contribution is -0.120. The van der Waals surface area contributed by atoms with Gasteiger partial charge < -0.3 is 5.32 Å². The van der Waals surface area contributed by atoms with E-state index >= 15 is 0 Å². The Kier molecular flexibility index (Phi) is 5.59. The Hall–Kier alpha value is -3.31. The molecule has 3 aromatic carbocycles. The Balaban J connectivity index is 1.33. The molecule has 1 N–H and O–H groups in total. The maximum atomic E-state index is 12.9. The molecule has 4 nitrogen and oxygen atoms in total. The highest BCUT2D eigenvalue weighted by Gasteiger charge is 2.28. The van der Waals surface area contributed by atoms with Gasteiger partial charge in [-0.1, -0.05) is 78.9 Å². The highest BCUT2D eigenvalue weighted by Crippen LogP contribution is 2.36. The van der Waals surface area contributed by atoms with Crippen molar-refractivity contribution in [1.82, 2.24) is 15.1 Å². The van der Waals surface area contributed by atoms with Crippen molar-refractivity contribution in [1.29, 1.82) is 0 Å². The van der Waals surface area contributed by atoms with E-state index < -0.39 is 0 Å². The molecule has 5 heteroatoms.